The van der Waals surface area contributed by atoms with Gasteiger partial charge in [0.15, 0.2) is 0 Å². The van der Waals surface area contributed by atoms with Crippen LogP contribution in [0.25, 0.3) is 0 Å². The average molecular weight is 199 g/mol. The number of amides is 1. The van der Waals surface area contributed by atoms with E-state index in [1.54, 1.807) is 11.3 Å². The van der Waals surface area contributed by atoms with Gasteiger partial charge >= 0.3 is 6.09 Å². The van der Waals surface area contributed by atoms with E-state index in [9.17, 15) is 4.79 Å². The van der Waals surface area contributed by atoms with Gasteiger partial charge in [-0.15, -0.1) is 11.3 Å². The van der Waals surface area contributed by atoms with Crippen molar-refractivity contribution in [1.29, 1.82) is 0 Å². The van der Waals surface area contributed by atoms with Crippen molar-refractivity contribution in [2.24, 2.45) is 0 Å². The molecule has 0 atom stereocenters. The minimum Gasteiger partial charge on any atom is -0.453 e. The molecule has 1 N–H and O–H groups in total. The fourth-order valence-corrected chi connectivity index (χ4v) is 2.04. The summed E-state index contributed by atoms with van der Waals surface area (Å²) in [6.07, 6.45) is -0.386. The van der Waals surface area contributed by atoms with Crippen LogP contribution < -0.4 is 5.32 Å². The van der Waals surface area contributed by atoms with Gasteiger partial charge in [0, 0.05) is 16.3 Å². The van der Waals surface area contributed by atoms with Crippen LogP contribution in [0.1, 0.15) is 15.3 Å². The van der Waals surface area contributed by atoms with Crippen molar-refractivity contribution in [3.63, 3.8) is 0 Å². The Bertz CT molecular complexity index is 307. The first-order valence-electron chi connectivity index (χ1n) is 4.01. The monoisotopic (exact) mass is 199 g/mol. The molecule has 4 heteroatoms. The third-order valence-corrected chi connectivity index (χ3v) is 2.76. The highest BCUT2D eigenvalue weighted by molar-refractivity contribution is 7.12. The maximum atomic E-state index is 10.8. The maximum absolute atomic E-state index is 10.8. The van der Waals surface area contributed by atoms with E-state index in [1.165, 1.54) is 16.9 Å². The number of carbonyl (C=O) groups is 1. The van der Waals surface area contributed by atoms with Crippen molar-refractivity contribution in [2.45, 2.75) is 20.4 Å². The van der Waals surface area contributed by atoms with Crippen LogP contribution in [0.5, 0.6) is 0 Å². The average Bonchev–Trinajstić information content (AvgIpc) is 2.41. The number of rotatable bonds is 2. The van der Waals surface area contributed by atoms with Gasteiger partial charge in [0.25, 0.3) is 0 Å². The fourth-order valence-electron chi connectivity index (χ4n) is 1.10. The highest BCUT2D eigenvalue weighted by atomic mass is 32.1. The highest BCUT2D eigenvalue weighted by Gasteiger charge is 2.04. The topological polar surface area (TPSA) is 38.3 Å². The second-order valence-corrected chi connectivity index (χ2v) is 4.24. The Morgan fingerprint density at radius 1 is 1.62 bits per heavy atom. The summed E-state index contributed by atoms with van der Waals surface area (Å²) in [5.41, 5.74) is 1.16. The lowest BCUT2D eigenvalue weighted by Crippen LogP contribution is -2.22. The molecule has 0 aliphatic heterocycles. The molecule has 0 saturated heterocycles. The molecular formula is C9H13NO2S. The van der Waals surface area contributed by atoms with Crippen molar-refractivity contribution in [2.75, 3.05) is 7.11 Å². The molecule has 13 heavy (non-hydrogen) atoms. The molecule has 0 fully saturated rings. The zero-order valence-electron chi connectivity index (χ0n) is 8.01. The molecule has 0 aliphatic carbocycles. The van der Waals surface area contributed by atoms with Crippen molar-refractivity contribution in [3.8, 4) is 0 Å². The molecule has 72 valence electrons. The van der Waals surface area contributed by atoms with Gasteiger partial charge in [-0.2, -0.15) is 0 Å². The molecule has 0 bridgehead atoms. The zero-order valence-corrected chi connectivity index (χ0v) is 8.83. The molecule has 1 rings (SSSR count). The van der Waals surface area contributed by atoms with Gasteiger partial charge in [0.05, 0.1) is 7.11 Å². The van der Waals surface area contributed by atoms with Gasteiger partial charge in [0.2, 0.25) is 0 Å². The Morgan fingerprint density at radius 2 is 2.31 bits per heavy atom. The quantitative estimate of drug-likeness (QED) is 0.793. The second-order valence-electron chi connectivity index (χ2n) is 2.78. The number of carbonyl (C=O) groups excluding carboxylic acids is 1. The van der Waals surface area contributed by atoms with E-state index < -0.39 is 0 Å². The summed E-state index contributed by atoms with van der Waals surface area (Å²) >= 11 is 1.74. The van der Waals surface area contributed by atoms with Gasteiger partial charge in [-0.3, -0.25) is 0 Å². The first-order chi connectivity index (χ1) is 6.13. The third-order valence-electron chi connectivity index (χ3n) is 1.75. The number of thiophene rings is 1. The van der Waals surface area contributed by atoms with E-state index in [4.69, 9.17) is 0 Å². The fraction of sp³-hybridized carbons (Fsp3) is 0.444. The largest absolute Gasteiger partial charge is 0.453 e. The number of methoxy groups -OCH3 is 1. The van der Waals surface area contributed by atoms with Crippen LogP contribution >= 0.6 is 11.3 Å². The lowest BCUT2D eigenvalue weighted by molar-refractivity contribution is 0.170. The summed E-state index contributed by atoms with van der Waals surface area (Å²) in [5.74, 6) is 0. The van der Waals surface area contributed by atoms with Gasteiger partial charge in [0.1, 0.15) is 0 Å². The smallest absolute Gasteiger partial charge is 0.407 e. The molecule has 1 amide bonds. The van der Waals surface area contributed by atoms with E-state index in [0.29, 0.717) is 6.54 Å². The molecule has 0 aliphatic rings. The summed E-state index contributed by atoms with van der Waals surface area (Å²) in [6.45, 7) is 4.65. The number of aryl methyl sites for hydroxylation is 2. The van der Waals surface area contributed by atoms with Crippen LogP contribution in [0.3, 0.4) is 0 Å². The molecule has 0 aromatic carbocycles. The molecule has 1 aromatic rings. The summed E-state index contributed by atoms with van der Waals surface area (Å²) in [7, 11) is 1.36. The van der Waals surface area contributed by atoms with Crippen LogP contribution in [0.15, 0.2) is 6.07 Å². The minimum absolute atomic E-state index is 0.386. The predicted molar refractivity (Wildman–Crippen MR) is 53.0 cm³/mol. The summed E-state index contributed by atoms with van der Waals surface area (Å²) in [5, 5.41) is 2.65. The molecule has 1 heterocycles. The Hall–Kier alpha value is -1.03. The minimum atomic E-state index is -0.386. The van der Waals surface area contributed by atoms with E-state index in [-0.39, 0.29) is 6.09 Å². The van der Waals surface area contributed by atoms with Crippen LogP contribution in [-0.4, -0.2) is 13.2 Å². The van der Waals surface area contributed by atoms with Gasteiger partial charge < -0.3 is 10.1 Å². The first kappa shape index (κ1) is 10.1. The molecule has 1 aromatic heterocycles. The maximum Gasteiger partial charge on any atom is 0.407 e. The van der Waals surface area contributed by atoms with E-state index in [1.807, 2.05) is 6.92 Å². The van der Waals surface area contributed by atoms with Crippen molar-refractivity contribution in [3.05, 3.63) is 21.4 Å². The van der Waals surface area contributed by atoms with Crippen molar-refractivity contribution >= 4 is 17.4 Å². The lowest BCUT2D eigenvalue weighted by atomic mass is 10.2. The lowest BCUT2D eigenvalue weighted by Gasteiger charge is -2.01. The van der Waals surface area contributed by atoms with Crippen LogP contribution in [-0.2, 0) is 11.3 Å². The SMILES string of the molecule is COC(=O)NCc1cc(C)sc1C. The molecule has 0 saturated carbocycles. The standard InChI is InChI=1S/C9H13NO2S/c1-6-4-8(7(2)13-6)5-10-9(11)12-3/h4H,5H2,1-3H3,(H,10,11). The summed E-state index contributed by atoms with van der Waals surface area (Å²) < 4.78 is 4.47. The molecule has 0 unspecified atom stereocenters. The number of hydrogen-bond acceptors (Lipinski definition) is 3. The van der Waals surface area contributed by atoms with Gasteiger partial charge in [-0.25, -0.2) is 4.79 Å². The van der Waals surface area contributed by atoms with Crippen molar-refractivity contribution in [1.82, 2.24) is 5.32 Å². The van der Waals surface area contributed by atoms with Gasteiger partial charge in [-0.05, 0) is 25.5 Å². The van der Waals surface area contributed by atoms with Crippen LogP contribution in [0, 0.1) is 13.8 Å². The molecule has 3 nitrogen and oxygen atoms in total. The van der Waals surface area contributed by atoms with E-state index >= 15 is 0 Å². The third kappa shape index (κ3) is 2.73. The van der Waals surface area contributed by atoms with Crippen molar-refractivity contribution < 1.29 is 9.53 Å². The molecular weight excluding hydrogens is 186 g/mol. The van der Waals surface area contributed by atoms with Gasteiger partial charge in [-0.1, -0.05) is 0 Å². The molecule has 0 radical (unpaired) electrons. The zero-order chi connectivity index (χ0) is 9.84. The van der Waals surface area contributed by atoms with E-state index in [2.05, 4.69) is 23.0 Å². The van der Waals surface area contributed by atoms with Crippen LogP contribution in [0.4, 0.5) is 4.79 Å². The highest BCUT2D eigenvalue weighted by Crippen LogP contribution is 2.20. The summed E-state index contributed by atoms with van der Waals surface area (Å²) in [4.78, 5) is 13.3. The second kappa shape index (κ2) is 4.28. The first-order valence-corrected chi connectivity index (χ1v) is 4.83. The Balaban J connectivity index is 2.54. The number of nitrogens with one attached hydrogen (secondary N) is 1. The number of ether oxygens (including phenoxy) is 1. The number of hydrogen-bond donors (Lipinski definition) is 1. The van der Waals surface area contributed by atoms with Crippen LogP contribution in [0.2, 0.25) is 0 Å². The molecule has 0 spiro atoms. The predicted octanol–water partition coefficient (Wildman–Crippen LogP) is 2.22. The van der Waals surface area contributed by atoms with E-state index in [0.717, 1.165) is 5.56 Å². The normalized spacial score (nSPS) is 9.77. The Labute approximate surface area is 81.7 Å². The Kier molecular flexibility index (Phi) is 3.31. The Morgan fingerprint density at radius 3 is 2.77 bits per heavy atom. The number of alkyl carbamates (subject to hydrolysis) is 1. The summed E-state index contributed by atoms with van der Waals surface area (Å²) in [6, 6.07) is 2.08.